The van der Waals surface area contributed by atoms with Crippen LogP contribution in [0.2, 0.25) is 0 Å². The molecule has 4 aliphatic rings. The largest absolute Gasteiger partial charge is 0.466 e. The molecule has 0 aromatic carbocycles. The number of aliphatic hydroxyl groups excluding tert-OH is 2. The number of carbonyl (C=O) groups is 4. The average molecular weight is 593 g/mol. The third-order valence-corrected chi connectivity index (χ3v) is 12.0. The van der Waals surface area contributed by atoms with E-state index in [1.807, 2.05) is 0 Å². The standard InChI is InChI=1S/C33H52O9/c1-19(8-11-30(39)42-24(18-34)7-6-14-40-20(2)35)25-9-10-26-31-27(17-29(38)33(25,26)5)32(4)13-12-23(41-21(3)36)15-22(32)16-28(31)37/h18-19,22-29,31,37-38H,6-17H2,1-5H3/t19-,22+,23-,24?,25-,26?,27+,28-,29+,31?,32+,33-/m1/s1. The van der Waals surface area contributed by atoms with Gasteiger partial charge in [0.25, 0.3) is 0 Å². The zero-order valence-corrected chi connectivity index (χ0v) is 26.1. The maximum atomic E-state index is 12.6. The molecule has 2 N–H and O–H groups in total. The molecule has 4 aliphatic carbocycles. The summed E-state index contributed by atoms with van der Waals surface area (Å²) in [4.78, 5) is 46.5. The van der Waals surface area contributed by atoms with Gasteiger partial charge in [-0.15, -0.1) is 0 Å². The average Bonchev–Trinajstić information content (AvgIpc) is 3.28. The first-order chi connectivity index (χ1) is 19.8. The summed E-state index contributed by atoms with van der Waals surface area (Å²) >= 11 is 0. The SMILES string of the molecule is CC(=O)OCCCC(C=O)OC(=O)CC[C@@H](C)[C@H]1CCC2C3[C@H](O)C[C@@H]4C[C@H](OC(C)=O)CC[C@]4(C)[C@H]3C[C@H](O)[C@@]21C. The van der Waals surface area contributed by atoms with Gasteiger partial charge in [0.15, 0.2) is 12.4 Å². The van der Waals surface area contributed by atoms with Gasteiger partial charge in [-0.05, 0) is 111 Å². The number of carbonyl (C=O) groups excluding carboxylic acids is 4. The molecule has 3 unspecified atom stereocenters. The van der Waals surface area contributed by atoms with Crippen molar-refractivity contribution in [1.82, 2.24) is 0 Å². The van der Waals surface area contributed by atoms with E-state index in [1.54, 1.807) is 0 Å². The number of aliphatic hydroxyl groups is 2. The maximum Gasteiger partial charge on any atom is 0.306 e. The fourth-order valence-electron chi connectivity index (χ4n) is 9.89. The van der Waals surface area contributed by atoms with Crippen molar-refractivity contribution in [1.29, 1.82) is 0 Å². The topological polar surface area (TPSA) is 136 Å². The van der Waals surface area contributed by atoms with Crippen molar-refractivity contribution in [3.05, 3.63) is 0 Å². The molecule has 9 nitrogen and oxygen atoms in total. The molecule has 0 spiro atoms. The molecule has 9 heteroatoms. The van der Waals surface area contributed by atoms with E-state index in [4.69, 9.17) is 14.2 Å². The van der Waals surface area contributed by atoms with Crippen LogP contribution in [0.15, 0.2) is 0 Å². The molecule has 0 amide bonds. The van der Waals surface area contributed by atoms with Crippen molar-refractivity contribution in [2.45, 2.75) is 130 Å². The van der Waals surface area contributed by atoms with Gasteiger partial charge in [0.05, 0.1) is 18.8 Å². The minimum absolute atomic E-state index is 0.00360. The smallest absolute Gasteiger partial charge is 0.306 e. The molecule has 0 heterocycles. The molecule has 4 saturated carbocycles. The predicted octanol–water partition coefficient (Wildman–Crippen LogP) is 4.39. The van der Waals surface area contributed by atoms with E-state index < -0.39 is 24.3 Å². The van der Waals surface area contributed by atoms with E-state index in [-0.39, 0.29) is 77.4 Å². The molecule has 4 rings (SSSR count). The quantitative estimate of drug-likeness (QED) is 0.155. The van der Waals surface area contributed by atoms with Gasteiger partial charge < -0.3 is 24.4 Å². The lowest BCUT2D eigenvalue weighted by Gasteiger charge is -2.63. The Morgan fingerprint density at radius 2 is 1.71 bits per heavy atom. The highest BCUT2D eigenvalue weighted by molar-refractivity contribution is 5.72. The summed E-state index contributed by atoms with van der Waals surface area (Å²) in [5.74, 6) is 0.168. The Bertz CT molecular complexity index is 998. The fraction of sp³-hybridized carbons (Fsp3) is 0.879. The summed E-state index contributed by atoms with van der Waals surface area (Å²) in [5.41, 5.74) is -0.338. The Kier molecular flexibility index (Phi) is 10.4. The second-order valence-corrected chi connectivity index (χ2v) is 14.3. The molecular weight excluding hydrogens is 540 g/mol. The normalized spacial score (nSPS) is 40.5. The summed E-state index contributed by atoms with van der Waals surface area (Å²) in [5, 5.41) is 23.4. The summed E-state index contributed by atoms with van der Waals surface area (Å²) in [6, 6.07) is 0. The van der Waals surface area contributed by atoms with Crippen LogP contribution in [0, 0.1) is 46.3 Å². The number of hydrogen-bond donors (Lipinski definition) is 2. The Morgan fingerprint density at radius 3 is 2.38 bits per heavy atom. The van der Waals surface area contributed by atoms with Crippen LogP contribution in [0.5, 0.6) is 0 Å². The molecule has 42 heavy (non-hydrogen) atoms. The van der Waals surface area contributed by atoms with Gasteiger partial charge in [-0.25, -0.2) is 0 Å². The van der Waals surface area contributed by atoms with Crippen LogP contribution in [0.25, 0.3) is 0 Å². The molecule has 0 radical (unpaired) electrons. The molecule has 0 aromatic rings. The zero-order valence-electron chi connectivity index (χ0n) is 26.1. The highest BCUT2D eigenvalue weighted by Gasteiger charge is 2.65. The number of fused-ring (bicyclic) bond motifs is 5. The molecule has 0 saturated heterocycles. The van der Waals surface area contributed by atoms with Crippen LogP contribution in [0.3, 0.4) is 0 Å². The van der Waals surface area contributed by atoms with Crippen LogP contribution in [-0.4, -0.2) is 65.4 Å². The van der Waals surface area contributed by atoms with Crippen LogP contribution in [0.1, 0.15) is 105 Å². The Labute approximate surface area is 250 Å². The Balaban J connectivity index is 1.37. The van der Waals surface area contributed by atoms with Crippen LogP contribution in [0.4, 0.5) is 0 Å². The van der Waals surface area contributed by atoms with Gasteiger partial charge in [0.2, 0.25) is 0 Å². The number of aldehydes is 1. The van der Waals surface area contributed by atoms with Gasteiger partial charge in [-0.1, -0.05) is 20.8 Å². The van der Waals surface area contributed by atoms with E-state index in [2.05, 4.69) is 20.8 Å². The van der Waals surface area contributed by atoms with E-state index in [1.165, 1.54) is 13.8 Å². The number of ether oxygens (including phenoxy) is 3. The zero-order chi connectivity index (χ0) is 30.8. The van der Waals surface area contributed by atoms with Crippen molar-refractivity contribution in [2.24, 2.45) is 46.3 Å². The van der Waals surface area contributed by atoms with Crippen molar-refractivity contribution in [3.8, 4) is 0 Å². The second-order valence-electron chi connectivity index (χ2n) is 14.3. The fourth-order valence-corrected chi connectivity index (χ4v) is 9.89. The minimum Gasteiger partial charge on any atom is -0.466 e. The van der Waals surface area contributed by atoms with E-state index in [9.17, 15) is 29.4 Å². The molecule has 12 atom stereocenters. The molecule has 0 bridgehead atoms. The van der Waals surface area contributed by atoms with Crippen molar-refractivity contribution in [2.75, 3.05) is 6.61 Å². The predicted molar refractivity (Wildman–Crippen MR) is 154 cm³/mol. The third-order valence-electron chi connectivity index (χ3n) is 12.0. The first kappa shape index (κ1) is 32.9. The van der Waals surface area contributed by atoms with Gasteiger partial charge >= 0.3 is 17.9 Å². The summed E-state index contributed by atoms with van der Waals surface area (Å²) < 4.78 is 15.8. The number of esters is 3. The van der Waals surface area contributed by atoms with Crippen LogP contribution in [-0.2, 0) is 33.4 Å². The first-order valence-corrected chi connectivity index (χ1v) is 16.1. The van der Waals surface area contributed by atoms with E-state index in [0.29, 0.717) is 38.4 Å². The minimum atomic E-state index is -0.851. The Morgan fingerprint density at radius 1 is 0.976 bits per heavy atom. The van der Waals surface area contributed by atoms with Crippen molar-refractivity contribution >= 4 is 24.2 Å². The lowest BCUT2D eigenvalue weighted by molar-refractivity contribution is -0.209. The third kappa shape index (κ3) is 6.57. The van der Waals surface area contributed by atoms with E-state index in [0.717, 1.165) is 32.1 Å². The van der Waals surface area contributed by atoms with Crippen molar-refractivity contribution < 1.29 is 43.6 Å². The van der Waals surface area contributed by atoms with Gasteiger partial charge in [0.1, 0.15) is 6.10 Å². The highest BCUT2D eigenvalue weighted by Crippen LogP contribution is 2.68. The molecule has 4 fully saturated rings. The highest BCUT2D eigenvalue weighted by atomic mass is 16.6. The maximum absolute atomic E-state index is 12.6. The molecule has 0 aliphatic heterocycles. The molecule has 238 valence electrons. The van der Waals surface area contributed by atoms with Crippen molar-refractivity contribution in [3.63, 3.8) is 0 Å². The second kappa shape index (κ2) is 13.3. The monoisotopic (exact) mass is 592 g/mol. The summed E-state index contributed by atoms with van der Waals surface area (Å²) in [7, 11) is 0. The molecule has 0 aromatic heterocycles. The van der Waals surface area contributed by atoms with Gasteiger partial charge in [-0.2, -0.15) is 0 Å². The lowest BCUT2D eigenvalue weighted by atomic mass is 9.43. The lowest BCUT2D eigenvalue weighted by Crippen LogP contribution is -2.62. The van der Waals surface area contributed by atoms with E-state index >= 15 is 0 Å². The first-order valence-electron chi connectivity index (χ1n) is 16.1. The van der Waals surface area contributed by atoms with Gasteiger partial charge in [0, 0.05) is 20.3 Å². The summed E-state index contributed by atoms with van der Waals surface area (Å²) in [6.45, 7) is 9.65. The van der Waals surface area contributed by atoms with Gasteiger partial charge in [-0.3, -0.25) is 19.2 Å². The number of rotatable bonds is 11. The molecular formula is C33H52O9. The Hall–Kier alpha value is -2.00. The van der Waals surface area contributed by atoms with Crippen LogP contribution >= 0.6 is 0 Å². The van der Waals surface area contributed by atoms with Crippen LogP contribution < -0.4 is 0 Å². The summed E-state index contributed by atoms with van der Waals surface area (Å²) in [6.07, 6.45) is 6.13. The number of hydrogen-bond acceptors (Lipinski definition) is 9.